The molecule has 0 saturated heterocycles. The molecule has 3 rings (SSSR count). The molecule has 1 unspecified atom stereocenters. The Morgan fingerprint density at radius 1 is 1.32 bits per heavy atom. The van der Waals surface area contributed by atoms with E-state index in [1.807, 2.05) is 6.92 Å². The number of rotatable bonds is 6. The smallest absolute Gasteiger partial charge is 0.275 e. The Labute approximate surface area is 156 Å². The first-order chi connectivity index (χ1) is 12.1. The Balaban J connectivity index is 1.71. The van der Waals surface area contributed by atoms with Gasteiger partial charge in [0, 0.05) is 23.4 Å². The highest BCUT2D eigenvalue weighted by Gasteiger charge is 2.35. The van der Waals surface area contributed by atoms with Crippen molar-refractivity contribution in [2.75, 3.05) is 19.6 Å². The lowest BCUT2D eigenvalue weighted by molar-refractivity contribution is -0.919. The van der Waals surface area contributed by atoms with Crippen molar-refractivity contribution in [1.82, 2.24) is 10.6 Å². The Morgan fingerprint density at radius 3 is 2.88 bits per heavy atom. The first kappa shape index (κ1) is 18.1. The molecule has 0 aliphatic carbocycles. The van der Waals surface area contributed by atoms with Crippen molar-refractivity contribution in [1.29, 1.82) is 0 Å². The third-order valence-electron chi connectivity index (χ3n) is 4.51. The second-order valence-electron chi connectivity index (χ2n) is 6.27. The molecule has 0 saturated carbocycles. The second kappa shape index (κ2) is 8.12. The zero-order chi connectivity index (χ0) is 17.8. The Kier molecular flexibility index (Phi) is 5.88. The monoisotopic (exact) mass is 378 g/mol. The van der Waals surface area contributed by atoms with Gasteiger partial charge in [0.2, 0.25) is 5.91 Å². The Hall–Kier alpha value is -1.70. The highest BCUT2D eigenvalue weighted by molar-refractivity contribution is 7.10. The summed E-state index contributed by atoms with van der Waals surface area (Å²) in [7, 11) is 0. The molecule has 7 heteroatoms. The topological polar surface area (TPSA) is 62.6 Å². The molecule has 3 atom stereocenters. The quantitative estimate of drug-likeness (QED) is 0.702. The maximum absolute atomic E-state index is 12.5. The van der Waals surface area contributed by atoms with E-state index >= 15 is 0 Å². The number of thiophene rings is 2. The predicted octanol–water partition coefficient (Wildman–Crippen LogP) is 0.981. The Bertz CT molecular complexity index is 727. The first-order valence-corrected chi connectivity index (χ1v) is 10.4. The van der Waals surface area contributed by atoms with Crippen LogP contribution in [0.4, 0.5) is 0 Å². The van der Waals surface area contributed by atoms with Crippen LogP contribution in [-0.2, 0) is 16.0 Å². The van der Waals surface area contributed by atoms with Gasteiger partial charge in [-0.3, -0.25) is 9.59 Å². The minimum absolute atomic E-state index is 0.0750. The lowest BCUT2D eigenvalue weighted by atomic mass is 9.98. The second-order valence-corrected chi connectivity index (χ2v) is 8.25. The van der Waals surface area contributed by atoms with Crippen molar-refractivity contribution < 1.29 is 14.5 Å². The molecule has 0 fully saturated rings. The molecule has 0 bridgehead atoms. The summed E-state index contributed by atoms with van der Waals surface area (Å²) in [5.74, 6) is -0.214. The lowest BCUT2D eigenvalue weighted by Gasteiger charge is -2.32. The largest absolute Gasteiger partial charge is 0.355 e. The standard InChI is InChI=1S/C18H23N3O2S2/c1-3-19-18(23)12(2)20-16(22)11-21-8-6-14-13(7-10-25-14)17(21)15-5-4-9-24-15/h4-5,7,9-10,12,17H,3,6,8,11H2,1-2H3,(H,19,23)(H,20,22)/p+1/t12-,17+/m0/s1. The summed E-state index contributed by atoms with van der Waals surface area (Å²) in [5, 5.41) is 9.80. The molecule has 3 heterocycles. The normalized spacial score (nSPS) is 20.6. The highest BCUT2D eigenvalue weighted by Crippen LogP contribution is 2.31. The summed E-state index contributed by atoms with van der Waals surface area (Å²) in [6.07, 6.45) is 1.00. The van der Waals surface area contributed by atoms with Gasteiger partial charge in [-0.15, -0.1) is 22.7 Å². The molecule has 5 nitrogen and oxygen atoms in total. The molecule has 2 aromatic rings. The van der Waals surface area contributed by atoms with E-state index in [4.69, 9.17) is 0 Å². The van der Waals surface area contributed by atoms with Crippen LogP contribution in [0.15, 0.2) is 29.0 Å². The number of carbonyl (C=O) groups is 2. The molecule has 1 aliphatic heterocycles. The summed E-state index contributed by atoms with van der Waals surface area (Å²) >= 11 is 3.55. The van der Waals surface area contributed by atoms with Gasteiger partial charge in [0.1, 0.15) is 12.1 Å². The third kappa shape index (κ3) is 4.11. The molecule has 25 heavy (non-hydrogen) atoms. The van der Waals surface area contributed by atoms with E-state index in [-0.39, 0.29) is 17.9 Å². The Morgan fingerprint density at radius 2 is 2.16 bits per heavy atom. The van der Waals surface area contributed by atoms with Crippen molar-refractivity contribution >= 4 is 34.5 Å². The maximum Gasteiger partial charge on any atom is 0.275 e. The zero-order valence-electron chi connectivity index (χ0n) is 14.5. The molecular formula is C18H24N3O2S2+. The molecule has 0 aromatic carbocycles. The van der Waals surface area contributed by atoms with E-state index in [0.717, 1.165) is 13.0 Å². The van der Waals surface area contributed by atoms with Crippen LogP contribution in [0.3, 0.4) is 0 Å². The summed E-state index contributed by atoms with van der Waals surface area (Å²) in [6, 6.07) is 6.11. The van der Waals surface area contributed by atoms with Crippen LogP contribution < -0.4 is 15.5 Å². The molecule has 134 valence electrons. The fourth-order valence-electron chi connectivity index (χ4n) is 3.34. The minimum Gasteiger partial charge on any atom is -0.355 e. The van der Waals surface area contributed by atoms with Gasteiger partial charge < -0.3 is 15.5 Å². The van der Waals surface area contributed by atoms with Gasteiger partial charge in [-0.25, -0.2) is 0 Å². The molecule has 2 aromatic heterocycles. The first-order valence-electron chi connectivity index (χ1n) is 8.61. The molecule has 1 aliphatic rings. The SMILES string of the molecule is CCNC(=O)[C@H](C)NC(=O)C[NH+]1CCc2sccc2[C@@H]1c1cccs1. The minimum atomic E-state index is -0.506. The van der Waals surface area contributed by atoms with Gasteiger partial charge in [-0.2, -0.15) is 0 Å². The molecule has 0 spiro atoms. The van der Waals surface area contributed by atoms with Gasteiger partial charge in [0.05, 0.1) is 11.4 Å². The average Bonchev–Trinajstić information content (AvgIpc) is 3.26. The summed E-state index contributed by atoms with van der Waals surface area (Å²) in [5.41, 5.74) is 1.35. The summed E-state index contributed by atoms with van der Waals surface area (Å²) < 4.78 is 0. The lowest BCUT2D eigenvalue weighted by Crippen LogP contribution is -3.14. The van der Waals surface area contributed by atoms with Gasteiger partial charge >= 0.3 is 0 Å². The number of nitrogens with one attached hydrogen (secondary N) is 3. The number of fused-ring (bicyclic) bond motifs is 1. The van der Waals surface area contributed by atoms with E-state index < -0.39 is 6.04 Å². The van der Waals surface area contributed by atoms with Gasteiger partial charge in [0.25, 0.3) is 5.91 Å². The van der Waals surface area contributed by atoms with Crippen molar-refractivity contribution in [2.45, 2.75) is 32.4 Å². The van der Waals surface area contributed by atoms with Crippen molar-refractivity contribution in [3.63, 3.8) is 0 Å². The summed E-state index contributed by atoms with van der Waals surface area (Å²) in [6.45, 7) is 5.47. The third-order valence-corrected chi connectivity index (χ3v) is 6.44. The van der Waals surface area contributed by atoms with Crippen LogP contribution in [0.5, 0.6) is 0 Å². The number of likely N-dealkylation sites (N-methyl/N-ethyl adjacent to an activating group) is 1. The van der Waals surface area contributed by atoms with Crippen LogP contribution in [0, 0.1) is 0 Å². The van der Waals surface area contributed by atoms with E-state index in [9.17, 15) is 9.59 Å². The van der Waals surface area contributed by atoms with Crippen LogP contribution in [0.2, 0.25) is 0 Å². The number of quaternary nitrogens is 1. The molecule has 0 radical (unpaired) electrons. The molecule has 2 amide bonds. The van der Waals surface area contributed by atoms with Crippen LogP contribution in [0.25, 0.3) is 0 Å². The molecule has 3 N–H and O–H groups in total. The van der Waals surface area contributed by atoms with Crippen molar-refractivity contribution in [3.05, 3.63) is 44.3 Å². The fraction of sp³-hybridized carbons (Fsp3) is 0.444. The van der Waals surface area contributed by atoms with E-state index in [1.165, 1.54) is 20.2 Å². The summed E-state index contributed by atoms with van der Waals surface area (Å²) in [4.78, 5) is 28.3. The van der Waals surface area contributed by atoms with Gasteiger partial charge in [-0.1, -0.05) is 6.07 Å². The molecular weight excluding hydrogens is 354 g/mol. The van der Waals surface area contributed by atoms with E-state index in [0.29, 0.717) is 13.1 Å². The van der Waals surface area contributed by atoms with Crippen LogP contribution in [0.1, 0.15) is 35.2 Å². The number of hydrogen-bond donors (Lipinski definition) is 3. The van der Waals surface area contributed by atoms with Gasteiger partial charge in [0.15, 0.2) is 6.54 Å². The highest BCUT2D eigenvalue weighted by atomic mass is 32.1. The average molecular weight is 379 g/mol. The van der Waals surface area contributed by atoms with E-state index in [1.54, 1.807) is 29.6 Å². The number of hydrogen-bond acceptors (Lipinski definition) is 4. The van der Waals surface area contributed by atoms with Gasteiger partial charge in [-0.05, 0) is 36.7 Å². The van der Waals surface area contributed by atoms with Crippen molar-refractivity contribution in [2.24, 2.45) is 0 Å². The number of amides is 2. The number of carbonyl (C=O) groups excluding carboxylic acids is 2. The predicted molar refractivity (Wildman–Crippen MR) is 101 cm³/mol. The maximum atomic E-state index is 12.5. The van der Waals surface area contributed by atoms with Crippen molar-refractivity contribution in [3.8, 4) is 0 Å². The van der Waals surface area contributed by atoms with E-state index in [2.05, 4.69) is 39.6 Å². The fourth-order valence-corrected chi connectivity index (χ4v) is 5.16. The van der Waals surface area contributed by atoms with Crippen LogP contribution >= 0.6 is 22.7 Å². The zero-order valence-corrected chi connectivity index (χ0v) is 16.1. The van der Waals surface area contributed by atoms with Crippen LogP contribution in [-0.4, -0.2) is 37.5 Å².